The number of carboxylic acid groups (broad SMARTS) is 2. The number of aliphatic hydroxyl groups is 1. The van der Waals surface area contributed by atoms with Gasteiger partial charge >= 0.3 is 11.9 Å². The van der Waals surface area contributed by atoms with Gasteiger partial charge in [-0.05, 0) is 18.1 Å². The number of H-pyrrole nitrogens is 1. The molecule has 2 aromatic rings. The van der Waals surface area contributed by atoms with Gasteiger partial charge in [-0.15, -0.1) is 0 Å². The maximum atomic E-state index is 12.8. The highest BCUT2D eigenvalue weighted by Gasteiger charge is 2.26. The van der Waals surface area contributed by atoms with Crippen molar-refractivity contribution in [1.82, 2.24) is 20.9 Å². The summed E-state index contributed by atoms with van der Waals surface area (Å²) in [4.78, 5) is 62.0. The molecule has 0 bridgehead atoms. The van der Waals surface area contributed by atoms with E-state index >= 15 is 0 Å². The Bertz CT molecular complexity index is 1050. The number of carbonyl (C=O) groups excluding carboxylic acids is 3. The number of nitrogens with two attached hydrogens (primary N) is 1. The summed E-state index contributed by atoms with van der Waals surface area (Å²) in [6.45, 7) is -1.25. The molecule has 3 atom stereocenters. The number of aliphatic carboxylic acids is 2. The number of amides is 3. The lowest BCUT2D eigenvalue weighted by molar-refractivity contribution is -0.143. The predicted molar refractivity (Wildman–Crippen MR) is 118 cm³/mol. The first-order chi connectivity index (χ1) is 16.1. The van der Waals surface area contributed by atoms with Crippen LogP contribution in [0.15, 0.2) is 30.5 Å². The van der Waals surface area contributed by atoms with Crippen molar-refractivity contribution in [2.24, 2.45) is 5.73 Å². The van der Waals surface area contributed by atoms with Crippen LogP contribution >= 0.6 is 0 Å². The van der Waals surface area contributed by atoms with Crippen molar-refractivity contribution in [3.63, 3.8) is 0 Å². The standard InChI is InChI=1S/C21H27N5O8/c22-13(10-27)19(31)26-16(7-11-8-23-14-4-2-1-3-12(11)14)20(32)24-9-17(28)25-15(21(33)34)5-6-18(29)30/h1-4,8,13,15-16,23,27H,5-7,9-10,22H2,(H,24,32)(H,25,28)(H,26,31)(H,29,30)(H,33,34). The zero-order valence-electron chi connectivity index (χ0n) is 18.1. The molecular weight excluding hydrogens is 450 g/mol. The predicted octanol–water partition coefficient (Wildman–Crippen LogP) is -1.93. The molecule has 34 heavy (non-hydrogen) atoms. The summed E-state index contributed by atoms with van der Waals surface area (Å²) < 4.78 is 0. The lowest BCUT2D eigenvalue weighted by atomic mass is 10.0. The molecule has 3 amide bonds. The second-order valence-corrected chi connectivity index (χ2v) is 7.52. The molecule has 0 saturated carbocycles. The van der Waals surface area contributed by atoms with E-state index in [0.29, 0.717) is 5.56 Å². The van der Waals surface area contributed by atoms with Gasteiger partial charge in [0, 0.05) is 29.9 Å². The molecule has 3 unspecified atom stereocenters. The van der Waals surface area contributed by atoms with E-state index in [1.165, 1.54) is 0 Å². The average Bonchev–Trinajstić information content (AvgIpc) is 3.21. The molecular formula is C21H27N5O8. The van der Waals surface area contributed by atoms with Gasteiger partial charge in [0.05, 0.1) is 13.2 Å². The monoisotopic (exact) mass is 477 g/mol. The van der Waals surface area contributed by atoms with E-state index in [4.69, 9.17) is 21.1 Å². The Balaban J connectivity index is 2.07. The molecule has 0 spiro atoms. The van der Waals surface area contributed by atoms with Crippen LogP contribution in [-0.2, 0) is 30.4 Å². The van der Waals surface area contributed by atoms with Gasteiger partial charge in [-0.25, -0.2) is 4.79 Å². The van der Waals surface area contributed by atoms with Gasteiger partial charge in [-0.2, -0.15) is 0 Å². The van der Waals surface area contributed by atoms with Crippen LogP contribution in [0.1, 0.15) is 18.4 Å². The fourth-order valence-electron chi connectivity index (χ4n) is 3.15. The van der Waals surface area contributed by atoms with Crippen molar-refractivity contribution in [1.29, 1.82) is 0 Å². The van der Waals surface area contributed by atoms with Gasteiger partial charge < -0.3 is 42.0 Å². The van der Waals surface area contributed by atoms with Crippen molar-refractivity contribution in [3.05, 3.63) is 36.0 Å². The Labute approximate surface area is 193 Å². The molecule has 1 heterocycles. The minimum Gasteiger partial charge on any atom is -0.481 e. The highest BCUT2D eigenvalue weighted by molar-refractivity contribution is 5.93. The topological polar surface area (TPSA) is 224 Å². The molecule has 0 radical (unpaired) electrons. The molecule has 184 valence electrons. The Morgan fingerprint density at radius 1 is 1.00 bits per heavy atom. The summed E-state index contributed by atoms with van der Waals surface area (Å²) >= 11 is 0. The van der Waals surface area contributed by atoms with Gasteiger partial charge in [0.1, 0.15) is 18.1 Å². The molecule has 13 heteroatoms. The van der Waals surface area contributed by atoms with Crippen LogP contribution in [0.5, 0.6) is 0 Å². The Kier molecular flexibility index (Phi) is 9.52. The largest absolute Gasteiger partial charge is 0.481 e. The third-order valence-electron chi connectivity index (χ3n) is 4.97. The zero-order valence-corrected chi connectivity index (χ0v) is 18.1. The quantitative estimate of drug-likeness (QED) is 0.160. The first kappa shape index (κ1) is 26.3. The average molecular weight is 477 g/mol. The van der Waals surface area contributed by atoms with E-state index in [9.17, 15) is 24.0 Å². The number of rotatable bonds is 13. The van der Waals surface area contributed by atoms with Crippen molar-refractivity contribution in [2.45, 2.75) is 37.4 Å². The maximum Gasteiger partial charge on any atom is 0.326 e. The maximum absolute atomic E-state index is 12.8. The molecule has 9 N–H and O–H groups in total. The summed E-state index contributed by atoms with van der Waals surface area (Å²) in [5.41, 5.74) is 7.04. The van der Waals surface area contributed by atoms with Crippen LogP contribution < -0.4 is 21.7 Å². The number of carboxylic acids is 2. The van der Waals surface area contributed by atoms with Crippen LogP contribution in [0.25, 0.3) is 10.9 Å². The van der Waals surface area contributed by atoms with E-state index in [1.807, 2.05) is 24.3 Å². The minimum absolute atomic E-state index is 0.0394. The van der Waals surface area contributed by atoms with Crippen molar-refractivity contribution >= 4 is 40.6 Å². The summed E-state index contributed by atoms with van der Waals surface area (Å²) in [6.07, 6.45) is 0.920. The van der Waals surface area contributed by atoms with E-state index in [0.717, 1.165) is 10.9 Å². The Hall–Kier alpha value is -3.97. The fourth-order valence-corrected chi connectivity index (χ4v) is 3.15. The summed E-state index contributed by atoms with van der Waals surface area (Å²) in [7, 11) is 0. The van der Waals surface area contributed by atoms with E-state index in [-0.39, 0.29) is 12.8 Å². The number of aromatic amines is 1. The van der Waals surface area contributed by atoms with Crippen LogP contribution in [0.2, 0.25) is 0 Å². The van der Waals surface area contributed by atoms with Gasteiger partial charge in [0.25, 0.3) is 0 Å². The highest BCUT2D eigenvalue weighted by Crippen LogP contribution is 2.19. The third kappa shape index (κ3) is 7.56. The number of fused-ring (bicyclic) bond motifs is 1. The number of benzene rings is 1. The van der Waals surface area contributed by atoms with Crippen LogP contribution in [0.3, 0.4) is 0 Å². The lowest BCUT2D eigenvalue weighted by Crippen LogP contribution is -2.54. The van der Waals surface area contributed by atoms with Gasteiger partial charge in [-0.1, -0.05) is 18.2 Å². The van der Waals surface area contributed by atoms with Gasteiger partial charge in [-0.3, -0.25) is 19.2 Å². The van der Waals surface area contributed by atoms with Crippen molar-refractivity contribution in [2.75, 3.05) is 13.2 Å². The third-order valence-corrected chi connectivity index (χ3v) is 4.97. The molecule has 1 aromatic carbocycles. The molecule has 0 saturated heterocycles. The lowest BCUT2D eigenvalue weighted by Gasteiger charge is -2.20. The summed E-state index contributed by atoms with van der Waals surface area (Å²) in [5, 5.41) is 34.7. The first-order valence-electron chi connectivity index (χ1n) is 10.4. The summed E-state index contributed by atoms with van der Waals surface area (Å²) in [5.74, 6) is -4.99. The van der Waals surface area contributed by atoms with Crippen LogP contribution in [0, 0.1) is 0 Å². The number of nitrogens with one attached hydrogen (secondary N) is 4. The SMILES string of the molecule is NC(CO)C(=O)NC(Cc1c[nH]c2ccccc12)C(=O)NCC(=O)NC(CCC(=O)O)C(=O)O. The van der Waals surface area contributed by atoms with E-state index < -0.39 is 67.4 Å². The molecule has 13 nitrogen and oxygen atoms in total. The molecule has 0 aliphatic rings. The normalized spacial score (nSPS) is 13.5. The summed E-state index contributed by atoms with van der Waals surface area (Å²) in [6, 6.07) is 3.45. The van der Waals surface area contributed by atoms with Crippen LogP contribution in [0.4, 0.5) is 0 Å². The number of para-hydroxylation sites is 1. The second kappa shape index (κ2) is 12.3. The first-order valence-corrected chi connectivity index (χ1v) is 10.4. The van der Waals surface area contributed by atoms with Crippen molar-refractivity contribution in [3.8, 4) is 0 Å². The molecule has 0 aliphatic heterocycles. The highest BCUT2D eigenvalue weighted by atomic mass is 16.4. The van der Waals surface area contributed by atoms with Crippen molar-refractivity contribution < 1.29 is 39.3 Å². The molecule has 1 aromatic heterocycles. The molecule has 0 fully saturated rings. The zero-order chi connectivity index (χ0) is 25.3. The number of aliphatic hydroxyl groups excluding tert-OH is 1. The number of aromatic nitrogens is 1. The second-order valence-electron chi connectivity index (χ2n) is 7.52. The number of hydrogen-bond acceptors (Lipinski definition) is 7. The Morgan fingerprint density at radius 2 is 1.71 bits per heavy atom. The van der Waals surface area contributed by atoms with E-state index in [2.05, 4.69) is 20.9 Å². The van der Waals surface area contributed by atoms with Gasteiger partial charge in [0.15, 0.2) is 0 Å². The fraction of sp³-hybridized carbons (Fsp3) is 0.381. The molecule has 2 rings (SSSR count). The van der Waals surface area contributed by atoms with Gasteiger partial charge in [0.2, 0.25) is 17.7 Å². The van der Waals surface area contributed by atoms with E-state index in [1.54, 1.807) is 6.20 Å². The molecule has 0 aliphatic carbocycles. The Morgan fingerprint density at radius 3 is 2.35 bits per heavy atom. The smallest absolute Gasteiger partial charge is 0.326 e. The van der Waals surface area contributed by atoms with Crippen LogP contribution in [-0.4, -0.2) is 81.2 Å². The minimum atomic E-state index is -1.44. The number of hydrogen-bond donors (Lipinski definition) is 8. The number of carbonyl (C=O) groups is 5.